The van der Waals surface area contributed by atoms with Crippen LogP contribution < -0.4 is 0 Å². The quantitative estimate of drug-likeness (QED) is 0.498. The fraction of sp³-hybridized carbons (Fsp3) is 0.500. The summed E-state index contributed by atoms with van der Waals surface area (Å²) in [4.78, 5) is 31.4. The molecule has 2 rings (SSSR count). The summed E-state index contributed by atoms with van der Waals surface area (Å²) in [7, 11) is 1.45. The minimum atomic E-state index is -1.07. The molecule has 0 N–H and O–H groups in total. The summed E-state index contributed by atoms with van der Waals surface area (Å²) in [6.07, 6.45) is 0. The van der Waals surface area contributed by atoms with Gasteiger partial charge in [-0.1, -0.05) is 23.2 Å². The number of carbonyl (C=O) groups excluding carboxylic acids is 2. The third-order valence-electron chi connectivity index (χ3n) is 4.30. The number of amides is 1. The predicted octanol–water partition coefficient (Wildman–Crippen LogP) is 4.76. The van der Waals surface area contributed by atoms with Crippen LogP contribution >= 0.6 is 23.2 Å². The lowest BCUT2D eigenvalue weighted by molar-refractivity contribution is -0.239. The second-order valence-corrected chi connectivity index (χ2v) is 8.96. The number of carbonyl (C=O) groups is 2. The van der Waals surface area contributed by atoms with Crippen molar-refractivity contribution < 1.29 is 23.9 Å². The molecule has 0 radical (unpaired) electrons. The van der Waals surface area contributed by atoms with Crippen LogP contribution in [-0.4, -0.2) is 36.4 Å². The summed E-state index contributed by atoms with van der Waals surface area (Å²) in [5, 5.41) is 1.86. The maximum atomic E-state index is 13.3. The summed E-state index contributed by atoms with van der Waals surface area (Å²) in [6, 6.07) is 3.23. The highest BCUT2D eigenvalue weighted by Gasteiger charge is 2.51. The number of ether oxygens (including phenoxy) is 2. The Morgan fingerprint density at radius 2 is 1.82 bits per heavy atom. The molecule has 28 heavy (non-hydrogen) atoms. The van der Waals surface area contributed by atoms with Gasteiger partial charge < -0.3 is 9.47 Å². The van der Waals surface area contributed by atoms with E-state index in [-0.39, 0.29) is 23.1 Å². The van der Waals surface area contributed by atoms with Gasteiger partial charge in [0.2, 0.25) is 0 Å². The van der Waals surface area contributed by atoms with Crippen LogP contribution in [0.3, 0.4) is 0 Å². The van der Waals surface area contributed by atoms with Crippen LogP contribution in [0.15, 0.2) is 17.9 Å². The van der Waals surface area contributed by atoms with E-state index in [1.807, 2.05) is 0 Å². The second kappa shape index (κ2) is 8.03. The lowest BCUT2D eigenvalue weighted by Gasteiger charge is -2.32. The SMILES string of the molecule is COCON1C(=O)C(c2c(C)cc(Cl)cc2Cl)=C(OC(=O)C(C)(C)C)C1(C)C. The van der Waals surface area contributed by atoms with Crippen molar-refractivity contribution in [1.29, 1.82) is 0 Å². The molecule has 6 nitrogen and oxygen atoms in total. The Morgan fingerprint density at radius 3 is 2.32 bits per heavy atom. The first-order chi connectivity index (χ1) is 12.8. The Balaban J connectivity index is 2.71. The maximum absolute atomic E-state index is 13.3. The highest BCUT2D eigenvalue weighted by Crippen LogP contribution is 2.45. The van der Waals surface area contributed by atoms with Crippen LogP contribution in [0.5, 0.6) is 0 Å². The first-order valence-electron chi connectivity index (χ1n) is 8.71. The van der Waals surface area contributed by atoms with Gasteiger partial charge in [0.05, 0.1) is 16.0 Å². The molecule has 1 aromatic rings. The molecule has 0 fully saturated rings. The van der Waals surface area contributed by atoms with E-state index < -0.39 is 22.8 Å². The second-order valence-electron chi connectivity index (χ2n) is 8.12. The molecule has 0 atom stereocenters. The molecule has 1 aliphatic rings. The normalized spacial score (nSPS) is 16.8. The van der Waals surface area contributed by atoms with Crippen LogP contribution in [0.25, 0.3) is 5.57 Å². The van der Waals surface area contributed by atoms with Crippen molar-refractivity contribution in [2.45, 2.75) is 47.1 Å². The fourth-order valence-electron chi connectivity index (χ4n) is 2.84. The first kappa shape index (κ1) is 22.7. The Kier molecular flexibility index (Phi) is 6.50. The van der Waals surface area contributed by atoms with Gasteiger partial charge in [0.25, 0.3) is 5.91 Å². The van der Waals surface area contributed by atoms with Crippen molar-refractivity contribution in [2.24, 2.45) is 5.41 Å². The standard InChI is InChI=1S/C20H25Cl2NO5/c1-11-8-12(21)9-13(22)14(11)15-16(28-18(25)19(2,3)4)20(5,6)23(17(15)24)27-10-26-7/h8-9H,10H2,1-7H3. The fourth-order valence-corrected chi connectivity index (χ4v) is 3.53. The number of hydrogen-bond acceptors (Lipinski definition) is 5. The average Bonchev–Trinajstić information content (AvgIpc) is 2.71. The van der Waals surface area contributed by atoms with Crippen LogP contribution in [0.1, 0.15) is 45.7 Å². The number of esters is 1. The largest absolute Gasteiger partial charge is 0.427 e. The molecule has 1 amide bonds. The number of halogens is 2. The predicted molar refractivity (Wildman–Crippen MR) is 108 cm³/mol. The Morgan fingerprint density at radius 1 is 1.21 bits per heavy atom. The molecule has 8 heteroatoms. The zero-order chi connectivity index (χ0) is 21.4. The summed E-state index contributed by atoms with van der Waals surface area (Å²) < 4.78 is 10.7. The molecule has 154 valence electrons. The van der Waals surface area contributed by atoms with Gasteiger partial charge in [-0.3, -0.25) is 9.59 Å². The zero-order valence-corrected chi connectivity index (χ0v) is 18.6. The van der Waals surface area contributed by atoms with Gasteiger partial charge in [0.15, 0.2) is 6.79 Å². The first-order valence-corrected chi connectivity index (χ1v) is 9.47. The van der Waals surface area contributed by atoms with Gasteiger partial charge in [-0.15, -0.1) is 0 Å². The molecule has 0 spiro atoms. The molecule has 0 saturated heterocycles. The van der Waals surface area contributed by atoms with Crippen molar-refractivity contribution >= 4 is 40.7 Å². The number of nitrogens with zero attached hydrogens (tertiary/aromatic N) is 1. The lowest BCUT2D eigenvalue weighted by Crippen LogP contribution is -2.45. The van der Waals surface area contributed by atoms with Gasteiger partial charge in [-0.25, -0.2) is 9.90 Å². The summed E-state index contributed by atoms with van der Waals surface area (Å²) in [6.45, 7) is 10.3. The zero-order valence-electron chi connectivity index (χ0n) is 17.1. The van der Waals surface area contributed by atoms with E-state index in [2.05, 4.69) is 0 Å². The van der Waals surface area contributed by atoms with Crippen molar-refractivity contribution in [1.82, 2.24) is 5.06 Å². The number of rotatable bonds is 5. The van der Waals surface area contributed by atoms with Crippen LogP contribution in [0, 0.1) is 12.3 Å². The monoisotopic (exact) mass is 429 g/mol. The highest BCUT2D eigenvalue weighted by molar-refractivity contribution is 6.38. The van der Waals surface area contributed by atoms with Crippen molar-refractivity contribution in [3.05, 3.63) is 39.1 Å². The number of hydroxylamine groups is 2. The van der Waals surface area contributed by atoms with E-state index in [0.717, 1.165) is 5.06 Å². The Hall–Kier alpha value is -1.60. The number of aryl methyl sites for hydroxylation is 1. The molecule has 0 saturated carbocycles. The minimum Gasteiger partial charge on any atom is -0.427 e. The summed E-state index contributed by atoms with van der Waals surface area (Å²) >= 11 is 12.5. The molecular weight excluding hydrogens is 405 g/mol. The van der Waals surface area contributed by atoms with E-state index in [0.29, 0.717) is 16.1 Å². The Labute approximate surface area is 175 Å². The third-order valence-corrected chi connectivity index (χ3v) is 4.81. The summed E-state index contributed by atoms with van der Waals surface area (Å²) in [5.41, 5.74) is -0.546. The van der Waals surface area contributed by atoms with Gasteiger partial charge in [-0.2, -0.15) is 0 Å². The maximum Gasteiger partial charge on any atom is 0.316 e. The Bertz CT molecular complexity index is 816. The van der Waals surface area contributed by atoms with Crippen molar-refractivity contribution in [3.8, 4) is 0 Å². The van der Waals surface area contributed by atoms with Gasteiger partial charge in [0, 0.05) is 17.7 Å². The molecule has 1 aliphatic heterocycles. The molecular formula is C20H25Cl2NO5. The molecule has 0 unspecified atom stereocenters. The molecule has 1 aromatic carbocycles. The van der Waals surface area contributed by atoms with Gasteiger partial charge in [-0.05, 0) is 59.2 Å². The number of benzene rings is 1. The van der Waals surface area contributed by atoms with Crippen LogP contribution in [-0.2, 0) is 23.9 Å². The van der Waals surface area contributed by atoms with E-state index in [1.54, 1.807) is 53.7 Å². The average molecular weight is 430 g/mol. The summed E-state index contributed by atoms with van der Waals surface area (Å²) in [5.74, 6) is -0.788. The van der Waals surface area contributed by atoms with Crippen LogP contribution in [0.4, 0.5) is 0 Å². The minimum absolute atomic E-state index is 0.143. The van der Waals surface area contributed by atoms with E-state index in [1.165, 1.54) is 7.11 Å². The number of hydrogen-bond donors (Lipinski definition) is 0. The van der Waals surface area contributed by atoms with Gasteiger partial charge in [0.1, 0.15) is 11.3 Å². The smallest absolute Gasteiger partial charge is 0.316 e. The van der Waals surface area contributed by atoms with E-state index in [4.69, 9.17) is 37.5 Å². The highest BCUT2D eigenvalue weighted by atomic mass is 35.5. The molecule has 0 aromatic heterocycles. The van der Waals surface area contributed by atoms with Crippen molar-refractivity contribution in [2.75, 3.05) is 13.9 Å². The van der Waals surface area contributed by atoms with Crippen molar-refractivity contribution in [3.63, 3.8) is 0 Å². The number of methoxy groups -OCH3 is 1. The van der Waals surface area contributed by atoms with E-state index in [9.17, 15) is 9.59 Å². The molecule has 0 bridgehead atoms. The topological polar surface area (TPSA) is 65.1 Å². The molecule has 0 aliphatic carbocycles. The van der Waals surface area contributed by atoms with Crippen LogP contribution in [0.2, 0.25) is 10.0 Å². The third kappa shape index (κ3) is 4.20. The van der Waals surface area contributed by atoms with Gasteiger partial charge >= 0.3 is 5.97 Å². The molecule has 1 heterocycles. The lowest BCUT2D eigenvalue weighted by atomic mass is 9.94. The van der Waals surface area contributed by atoms with E-state index >= 15 is 0 Å².